The molecule has 2 aromatic rings. The molecule has 0 saturated carbocycles. The Morgan fingerprint density at radius 3 is 2.86 bits per heavy atom. The van der Waals surface area contributed by atoms with Gasteiger partial charge in [0, 0.05) is 6.20 Å². The molecule has 0 aliphatic heterocycles. The molecule has 0 saturated heterocycles. The van der Waals surface area contributed by atoms with Gasteiger partial charge in [0.15, 0.2) is 6.29 Å². The predicted octanol–water partition coefficient (Wildman–Crippen LogP) is 1.39. The lowest BCUT2D eigenvalue weighted by atomic mass is 10.3. The zero-order valence-electron chi connectivity index (χ0n) is 7.71. The first-order valence-electron chi connectivity index (χ1n) is 4.23. The van der Waals surface area contributed by atoms with Gasteiger partial charge in [0.1, 0.15) is 0 Å². The van der Waals surface area contributed by atoms with Crippen LogP contribution in [0, 0.1) is 6.92 Å². The molecule has 0 aromatic carbocycles. The van der Waals surface area contributed by atoms with Crippen LogP contribution in [0.2, 0.25) is 0 Å². The highest BCUT2D eigenvalue weighted by Gasteiger charge is 2.06. The van der Waals surface area contributed by atoms with Gasteiger partial charge in [0.05, 0.1) is 29.3 Å². The van der Waals surface area contributed by atoms with E-state index in [1.165, 1.54) is 0 Å². The van der Waals surface area contributed by atoms with Crippen molar-refractivity contribution in [3.8, 4) is 5.69 Å². The lowest BCUT2D eigenvalue weighted by Gasteiger charge is -2.02. The molecule has 0 amide bonds. The van der Waals surface area contributed by atoms with Gasteiger partial charge in [0.2, 0.25) is 0 Å². The number of hydrogen-bond acceptors (Lipinski definition) is 3. The average Bonchev–Trinajstić information content (AvgIpc) is 2.61. The van der Waals surface area contributed by atoms with E-state index in [1.807, 2.05) is 19.1 Å². The lowest BCUT2D eigenvalue weighted by molar-refractivity contribution is 0.112. The largest absolute Gasteiger partial charge is 0.298 e. The van der Waals surface area contributed by atoms with Gasteiger partial charge in [-0.05, 0) is 19.1 Å². The van der Waals surface area contributed by atoms with Crippen LogP contribution in [0.25, 0.3) is 5.69 Å². The second kappa shape index (κ2) is 3.41. The molecule has 0 fully saturated rings. The normalized spacial score (nSPS) is 10.1. The molecule has 2 rings (SSSR count). The summed E-state index contributed by atoms with van der Waals surface area (Å²) in [6.45, 7) is 1.85. The Kier molecular flexibility index (Phi) is 2.10. The molecule has 2 aromatic heterocycles. The van der Waals surface area contributed by atoms with Crippen LogP contribution in [0.4, 0.5) is 0 Å². The van der Waals surface area contributed by atoms with Crippen molar-refractivity contribution < 1.29 is 4.79 Å². The van der Waals surface area contributed by atoms with Gasteiger partial charge < -0.3 is 0 Å². The SMILES string of the molecule is Cc1c(C=O)cnn1-c1cccnc1. The van der Waals surface area contributed by atoms with Gasteiger partial charge in [-0.3, -0.25) is 9.78 Å². The van der Waals surface area contributed by atoms with Crippen LogP contribution in [-0.4, -0.2) is 21.1 Å². The number of aromatic nitrogens is 3. The average molecular weight is 187 g/mol. The molecule has 0 bridgehead atoms. The van der Waals surface area contributed by atoms with Crippen LogP contribution < -0.4 is 0 Å². The molecule has 0 spiro atoms. The molecule has 0 N–H and O–H groups in total. The first-order valence-corrected chi connectivity index (χ1v) is 4.23. The summed E-state index contributed by atoms with van der Waals surface area (Å²) in [7, 11) is 0. The zero-order chi connectivity index (χ0) is 9.97. The highest BCUT2D eigenvalue weighted by molar-refractivity contribution is 5.76. The van der Waals surface area contributed by atoms with Gasteiger partial charge >= 0.3 is 0 Å². The quantitative estimate of drug-likeness (QED) is 0.667. The van der Waals surface area contributed by atoms with E-state index in [4.69, 9.17) is 0 Å². The Labute approximate surface area is 81.2 Å². The molecule has 0 aliphatic rings. The van der Waals surface area contributed by atoms with Crippen molar-refractivity contribution in [3.05, 3.63) is 42.0 Å². The number of hydrogen-bond donors (Lipinski definition) is 0. The molecule has 4 nitrogen and oxygen atoms in total. The third kappa shape index (κ3) is 1.31. The van der Waals surface area contributed by atoms with E-state index in [1.54, 1.807) is 23.3 Å². The summed E-state index contributed by atoms with van der Waals surface area (Å²) < 4.78 is 1.69. The Balaban J connectivity index is 2.53. The number of aldehydes is 1. The predicted molar refractivity (Wildman–Crippen MR) is 51.5 cm³/mol. The van der Waals surface area contributed by atoms with Crippen LogP contribution in [0.5, 0.6) is 0 Å². The molecular formula is C10H9N3O. The minimum atomic E-state index is 0.605. The van der Waals surface area contributed by atoms with Gasteiger partial charge in [-0.15, -0.1) is 0 Å². The second-order valence-electron chi connectivity index (χ2n) is 2.93. The maximum Gasteiger partial charge on any atom is 0.153 e. The van der Waals surface area contributed by atoms with Gasteiger partial charge in [0.25, 0.3) is 0 Å². The third-order valence-corrected chi connectivity index (χ3v) is 2.07. The van der Waals surface area contributed by atoms with Gasteiger partial charge in [-0.2, -0.15) is 5.10 Å². The molecule has 0 atom stereocenters. The Hall–Kier alpha value is -1.97. The van der Waals surface area contributed by atoms with E-state index in [0.29, 0.717) is 5.56 Å². The van der Waals surface area contributed by atoms with E-state index in [0.717, 1.165) is 17.7 Å². The molecule has 70 valence electrons. The minimum Gasteiger partial charge on any atom is -0.298 e. The summed E-state index contributed by atoms with van der Waals surface area (Å²) >= 11 is 0. The Morgan fingerprint density at radius 1 is 1.43 bits per heavy atom. The van der Waals surface area contributed by atoms with Crippen LogP contribution in [-0.2, 0) is 0 Å². The van der Waals surface area contributed by atoms with Crippen LogP contribution in [0.15, 0.2) is 30.7 Å². The van der Waals surface area contributed by atoms with Crippen molar-refractivity contribution in [2.75, 3.05) is 0 Å². The van der Waals surface area contributed by atoms with Gasteiger partial charge in [-0.1, -0.05) is 0 Å². The summed E-state index contributed by atoms with van der Waals surface area (Å²) in [5.74, 6) is 0. The summed E-state index contributed by atoms with van der Waals surface area (Å²) in [4.78, 5) is 14.6. The first kappa shape index (κ1) is 8.62. The van der Waals surface area contributed by atoms with Crippen molar-refractivity contribution in [3.63, 3.8) is 0 Å². The Bertz CT molecular complexity index is 448. The van der Waals surface area contributed by atoms with E-state index in [2.05, 4.69) is 10.1 Å². The molecule has 0 radical (unpaired) electrons. The highest BCUT2D eigenvalue weighted by Crippen LogP contribution is 2.10. The zero-order valence-corrected chi connectivity index (χ0v) is 7.71. The monoisotopic (exact) mass is 187 g/mol. The number of carbonyl (C=O) groups excluding carboxylic acids is 1. The molecule has 0 aliphatic carbocycles. The number of carbonyl (C=O) groups is 1. The van der Waals surface area contributed by atoms with Crippen LogP contribution >= 0.6 is 0 Å². The van der Waals surface area contributed by atoms with Crippen molar-refractivity contribution in [2.24, 2.45) is 0 Å². The van der Waals surface area contributed by atoms with Crippen LogP contribution in [0.1, 0.15) is 16.1 Å². The van der Waals surface area contributed by atoms with E-state index >= 15 is 0 Å². The summed E-state index contributed by atoms with van der Waals surface area (Å²) in [6, 6.07) is 3.72. The first-order chi connectivity index (χ1) is 6.83. The molecule has 14 heavy (non-hydrogen) atoms. The summed E-state index contributed by atoms with van der Waals surface area (Å²) in [6.07, 6.45) is 5.75. The second-order valence-corrected chi connectivity index (χ2v) is 2.93. The lowest BCUT2D eigenvalue weighted by Crippen LogP contribution is -1.99. The molecule has 4 heteroatoms. The molecule has 2 heterocycles. The van der Waals surface area contributed by atoms with E-state index in [-0.39, 0.29) is 0 Å². The maximum atomic E-state index is 10.6. The van der Waals surface area contributed by atoms with Crippen LogP contribution in [0.3, 0.4) is 0 Å². The fourth-order valence-corrected chi connectivity index (χ4v) is 1.28. The fraction of sp³-hybridized carbons (Fsp3) is 0.100. The van der Waals surface area contributed by atoms with Crippen molar-refractivity contribution in [1.82, 2.24) is 14.8 Å². The smallest absolute Gasteiger partial charge is 0.153 e. The fourth-order valence-electron chi connectivity index (χ4n) is 1.28. The van der Waals surface area contributed by atoms with Crippen molar-refractivity contribution in [2.45, 2.75) is 6.92 Å². The highest BCUT2D eigenvalue weighted by atomic mass is 16.1. The van der Waals surface area contributed by atoms with E-state index < -0.39 is 0 Å². The van der Waals surface area contributed by atoms with Gasteiger partial charge in [-0.25, -0.2) is 4.68 Å². The van der Waals surface area contributed by atoms with Crippen molar-refractivity contribution in [1.29, 1.82) is 0 Å². The number of rotatable bonds is 2. The molecular weight excluding hydrogens is 178 g/mol. The topological polar surface area (TPSA) is 47.8 Å². The van der Waals surface area contributed by atoms with Crippen molar-refractivity contribution >= 4 is 6.29 Å². The van der Waals surface area contributed by atoms with E-state index in [9.17, 15) is 4.79 Å². The molecule has 0 unspecified atom stereocenters. The minimum absolute atomic E-state index is 0.605. The summed E-state index contributed by atoms with van der Waals surface area (Å²) in [5, 5.41) is 4.10. The number of nitrogens with zero attached hydrogens (tertiary/aromatic N) is 3. The third-order valence-electron chi connectivity index (χ3n) is 2.07. The Morgan fingerprint density at radius 2 is 2.29 bits per heavy atom. The maximum absolute atomic E-state index is 10.6. The standard InChI is InChI=1S/C10H9N3O/c1-8-9(7-14)5-12-13(8)10-3-2-4-11-6-10/h2-7H,1H3. The summed E-state index contributed by atoms with van der Waals surface area (Å²) in [5.41, 5.74) is 2.29. The number of pyridine rings is 1.